The number of alkyl halides is 1. The Labute approximate surface area is 132 Å². The molecule has 1 aromatic carbocycles. The zero-order chi connectivity index (χ0) is 15.0. The monoisotopic (exact) mass is 321 g/mol. The Bertz CT molecular complexity index is 814. The molecule has 0 saturated carbocycles. The predicted molar refractivity (Wildman–Crippen MR) is 84.7 cm³/mol. The van der Waals surface area contributed by atoms with Crippen molar-refractivity contribution in [2.75, 3.05) is 7.11 Å². The first-order valence-corrected chi connectivity index (χ1v) is 7.30. The van der Waals surface area contributed by atoms with E-state index in [1.807, 2.05) is 41.8 Å². The van der Waals surface area contributed by atoms with Crippen LogP contribution >= 0.6 is 23.2 Å². The summed E-state index contributed by atoms with van der Waals surface area (Å²) in [7, 11) is 1.59. The molecule has 2 aromatic heterocycles. The highest BCUT2D eigenvalue weighted by Gasteiger charge is 2.14. The SMILES string of the molecule is COc1ccc(-n2c(CCl)nc3ccc(C)nc32)cc1Cl. The molecule has 2 heterocycles. The minimum absolute atomic E-state index is 0.291. The van der Waals surface area contributed by atoms with Gasteiger partial charge in [-0.05, 0) is 37.3 Å². The third-order valence-electron chi connectivity index (χ3n) is 3.23. The Morgan fingerprint density at radius 3 is 2.67 bits per heavy atom. The van der Waals surface area contributed by atoms with Crippen LogP contribution in [0.3, 0.4) is 0 Å². The first-order chi connectivity index (χ1) is 10.1. The van der Waals surface area contributed by atoms with E-state index in [-0.39, 0.29) is 0 Å². The van der Waals surface area contributed by atoms with E-state index in [0.29, 0.717) is 16.7 Å². The van der Waals surface area contributed by atoms with Crippen molar-refractivity contribution in [3.8, 4) is 11.4 Å². The zero-order valence-corrected chi connectivity index (χ0v) is 13.1. The summed E-state index contributed by atoms with van der Waals surface area (Å²) in [5.41, 5.74) is 3.36. The van der Waals surface area contributed by atoms with Crippen LogP contribution in [0.1, 0.15) is 11.5 Å². The number of benzene rings is 1. The highest BCUT2D eigenvalue weighted by atomic mass is 35.5. The van der Waals surface area contributed by atoms with Crippen LogP contribution in [0.25, 0.3) is 16.9 Å². The molecule has 0 amide bonds. The number of aromatic nitrogens is 3. The van der Waals surface area contributed by atoms with Crippen LogP contribution in [0.2, 0.25) is 5.02 Å². The highest BCUT2D eigenvalue weighted by molar-refractivity contribution is 6.32. The molecule has 0 aliphatic rings. The molecule has 0 unspecified atom stereocenters. The van der Waals surface area contributed by atoms with Gasteiger partial charge in [-0.25, -0.2) is 9.97 Å². The van der Waals surface area contributed by atoms with Crippen LogP contribution in [-0.4, -0.2) is 21.6 Å². The fourth-order valence-corrected chi connectivity index (χ4v) is 2.69. The molecule has 0 bridgehead atoms. The van der Waals surface area contributed by atoms with Crippen molar-refractivity contribution in [3.63, 3.8) is 0 Å². The van der Waals surface area contributed by atoms with E-state index in [2.05, 4.69) is 9.97 Å². The lowest BCUT2D eigenvalue weighted by molar-refractivity contribution is 0.415. The number of imidazole rings is 1. The number of hydrogen-bond acceptors (Lipinski definition) is 3. The molecule has 21 heavy (non-hydrogen) atoms. The normalized spacial score (nSPS) is 11.0. The number of ether oxygens (including phenoxy) is 1. The Morgan fingerprint density at radius 2 is 2.00 bits per heavy atom. The maximum atomic E-state index is 6.21. The largest absolute Gasteiger partial charge is 0.495 e. The van der Waals surface area contributed by atoms with E-state index >= 15 is 0 Å². The summed E-state index contributed by atoms with van der Waals surface area (Å²) < 4.78 is 7.10. The zero-order valence-electron chi connectivity index (χ0n) is 11.6. The van der Waals surface area contributed by atoms with Gasteiger partial charge < -0.3 is 4.74 Å². The number of aryl methyl sites for hydroxylation is 1. The van der Waals surface area contributed by atoms with Gasteiger partial charge >= 0.3 is 0 Å². The summed E-state index contributed by atoms with van der Waals surface area (Å²) in [5.74, 6) is 1.64. The van der Waals surface area contributed by atoms with Crippen molar-refractivity contribution in [2.24, 2.45) is 0 Å². The predicted octanol–water partition coefficient (Wildman–Crippen LogP) is 4.13. The number of fused-ring (bicyclic) bond motifs is 1. The van der Waals surface area contributed by atoms with Crippen LogP contribution in [0, 0.1) is 6.92 Å². The van der Waals surface area contributed by atoms with Crippen LogP contribution < -0.4 is 4.74 Å². The van der Waals surface area contributed by atoms with E-state index in [1.54, 1.807) is 7.11 Å². The highest BCUT2D eigenvalue weighted by Crippen LogP contribution is 2.29. The van der Waals surface area contributed by atoms with E-state index in [9.17, 15) is 0 Å². The molecule has 108 valence electrons. The fourth-order valence-electron chi connectivity index (χ4n) is 2.25. The second-order valence-electron chi connectivity index (χ2n) is 4.61. The second kappa shape index (κ2) is 5.54. The molecule has 0 aliphatic heterocycles. The van der Waals surface area contributed by atoms with Gasteiger partial charge in [0.25, 0.3) is 0 Å². The van der Waals surface area contributed by atoms with Crippen molar-refractivity contribution in [1.29, 1.82) is 0 Å². The molecule has 4 nitrogen and oxygen atoms in total. The number of rotatable bonds is 3. The lowest BCUT2D eigenvalue weighted by atomic mass is 10.3. The first-order valence-electron chi connectivity index (χ1n) is 6.39. The van der Waals surface area contributed by atoms with Gasteiger partial charge in [0.2, 0.25) is 0 Å². The third kappa shape index (κ3) is 2.45. The maximum Gasteiger partial charge on any atom is 0.164 e. The van der Waals surface area contributed by atoms with Gasteiger partial charge in [-0.15, -0.1) is 11.6 Å². The molecule has 0 radical (unpaired) electrons. The van der Waals surface area contributed by atoms with E-state index in [4.69, 9.17) is 27.9 Å². The molecule has 3 rings (SSSR count). The quantitative estimate of drug-likeness (QED) is 0.681. The molecular weight excluding hydrogens is 309 g/mol. The summed E-state index contributed by atoms with van der Waals surface area (Å²) in [4.78, 5) is 9.08. The summed E-state index contributed by atoms with van der Waals surface area (Å²) >= 11 is 12.2. The summed E-state index contributed by atoms with van der Waals surface area (Å²) in [6.07, 6.45) is 0. The van der Waals surface area contributed by atoms with E-state index in [0.717, 1.165) is 28.4 Å². The minimum Gasteiger partial charge on any atom is -0.495 e. The molecular formula is C15H13Cl2N3O. The molecule has 0 spiro atoms. The number of halogens is 2. The van der Waals surface area contributed by atoms with Gasteiger partial charge in [0.15, 0.2) is 5.65 Å². The van der Waals surface area contributed by atoms with Crippen LogP contribution in [0.15, 0.2) is 30.3 Å². The van der Waals surface area contributed by atoms with Gasteiger partial charge in [-0.1, -0.05) is 11.6 Å². The average Bonchev–Trinajstić information content (AvgIpc) is 2.84. The summed E-state index contributed by atoms with van der Waals surface area (Å²) in [6.45, 7) is 1.94. The van der Waals surface area contributed by atoms with Gasteiger partial charge in [-0.2, -0.15) is 0 Å². The topological polar surface area (TPSA) is 39.9 Å². The average molecular weight is 322 g/mol. The molecule has 6 heteroatoms. The number of pyridine rings is 1. The van der Waals surface area contributed by atoms with Crippen molar-refractivity contribution >= 4 is 34.4 Å². The van der Waals surface area contributed by atoms with E-state index in [1.165, 1.54) is 0 Å². The van der Waals surface area contributed by atoms with Gasteiger partial charge in [-0.3, -0.25) is 4.57 Å². The van der Waals surface area contributed by atoms with Crippen molar-refractivity contribution in [2.45, 2.75) is 12.8 Å². The summed E-state index contributed by atoms with van der Waals surface area (Å²) in [5, 5.41) is 0.532. The molecule has 0 fully saturated rings. The number of nitrogens with zero attached hydrogens (tertiary/aromatic N) is 3. The number of hydrogen-bond donors (Lipinski definition) is 0. The Kier molecular flexibility index (Phi) is 3.74. The summed E-state index contributed by atoms with van der Waals surface area (Å²) in [6, 6.07) is 9.42. The molecule has 0 N–H and O–H groups in total. The standard InChI is InChI=1S/C15H13Cl2N3O/c1-9-3-5-12-15(18-9)20(14(8-16)19-12)10-4-6-13(21-2)11(17)7-10/h3-7H,8H2,1-2H3. The minimum atomic E-state index is 0.291. The molecule has 3 aromatic rings. The second-order valence-corrected chi connectivity index (χ2v) is 5.29. The van der Waals surface area contributed by atoms with Crippen molar-refractivity contribution < 1.29 is 4.74 Å². The molecule has 0 saturated heterocycles. The number of methoxy groups -OCH3 is 1. The van der Waals surface area contributed by atoms with Crippen molar-refractivity contribution in [1.82, 2.24) is 14.5 Å². The molecule has 0 aliphatic carbocycles. The van der Waals surface area contributed by atoms with Crippen LogP contribution in [0.5, 0.6) is 5.75 Å². The van der Waals surface area contributed by atoms with Crippen LogP contribution in [0.4, 0.5) is 0 Å². The maximum absolute atomic E-state index is 6.21. The molecule has 0 atom stereocenters. The third-order valence-corrected chi connectivity index (χ3v) is 3.76. The Morgan fingerprint density at radius 1 is 1.19 bits per heavy atom. The van der Waals surface area contributed by atoms with E-state index < -0.39 is 0 Å². The van der Waals surface area contributed by atoms with Crippen LogP contribution in [-0.2, 0) is 5.88 Å². The first kappa shape index (κ1) is 14.2. The van der Waals surface area contributed by atoms with Gasteiger partial charge in [0.05, 0.1) is 23.7 Å². The fraction of sp³-hybridized carbons (Fsp3) is 0.200. The lowest BCUT2D eigenvalue weighted by Crippen LogP contribution is -2.01. The van der Waals surface area contributed by atoms with Gasteiger partial charge in [0.1, 0.15) is 17.1 Å². The smallest absolute Gasteiger partial charge is 0.164 e. The van der Waals surface area contributed by atoms with Crippen molar-refractivity contribution in [3.05, 3.63) is 46.9 Å². The van der Waals surface area contributed by atoms with Gasteiger partial charge in [0, 0.05) is 5.69 Å². The lowest BCUT2D eigenvalue weighted by Gasteiger charge is -2.10. The Hall–Kier alpha value is -1.78. The Balaban J connectivity index is 2.27.